The molecule has 0 bridgehead atoms. The number of hydrogen-bond acceptors (Lipinski definition) is 6. The summed E-state index contributed by atoms with van der Waals surface area (Å²) in [6.45, 7) is 1.24. The van der Waals surface area contributed by atoms with Gasteiger partial charge in [-0.25, -0.2) is 9.59 Å². The summed E-state index contributed by atoms with van der Waals surface area (Å²) in [4.78, 5) is 37.3. The maximum Gasteiger partial charge on any atom is 0.341 e. The Morgan fingerprint density at radius 3 is 2.34 bits per heavy atom. The molecule has 0 fully saturated rings. The van der Waals surface area contributed by atoms with E-state index < -0.39 is 24.5 Å². The number of carbonyl (C=O) groups is 3. The molecule has 0 aliphatic rings. The van der Waals surface area contributed by atoms with E-state index in [4.69, 9.17) is 44.3 Å². The zero-order chi connectivity index (χ0) is 23.3. The van der Waals surface area contributed by atoms with Gasteiger partial charge in [0.05, 0.1) is 22.2 Å². The lowest BCUT2D eigenvalue weighted by molar-refractivity contribution is -0.119. The molecule has 0 radical (unpaired) electrons. The fourth-order valence-corrected chi connectivity index (χ4v) is 4.35. The van der Waals surface area contributed by atoms with Crippen LogP contribution >= 0.6 is 46.1 Å². The number of benzene rings is 2. The van der Waals surface area contributed by atoms with Gasteiger partial charge in [-0.1, -0.05) is 59.1 Å². The van der Waals surface area contributed by atoms with Crippen molar-refractivity contribution in [1.29, 1.82) is 0 Å². The molecule has 6 nitrogen and oxygen atoms in total. The van der Waals surface area contributed by atoms with E-state index in [0.717, 1.165) is 11.3 Å². The van der Waals surface area contributed by atoms with Crippen molar-refractivity contribution >= 4 is 69.0 Å². The van der Waals surface area contributed by atoms with Gasteiger partial charge in [-0.15, -0.1) is 11.3 Å². The largest absolute Gasteiger partial charge is 0.462 e. The maximum atomic E-state index is 12.6. The van der Waals surface area contributed by atoms with Crippen LogP contribution in [-0.2, 0) is 14.3 Å². The summed E-state index contributed by atoms with van der Waals surface area (Å²) in [6.07, 6.45) is 0. The van der Waals surface area contributed by atoms with Crippen molar-refractivity contribution in [3.8, 4) is 11.1 Å². The fourth-order valence-electron chi connectivity index (χ4n) is 2.77. The molecular weight excluding hydrogens is 497 g/mol. The van der Waals surface area contributed by atoms with E-state index in [1.807, 2.05) is 0 Å². The minimum absolute atomic E-state index is 0.0341. The molecule has 0 saturated carbocycles. The fraction of sp³-hybridized carbons (Fsp3) is 0.136. The molecule has 0 atom stereocenters. The molecule has 0 unspecified atom stereocenters. The Hall–Kier alpha value is -2.58. The van der Waals surface area contributed by atoms with Gasteiger partial charge >= 0.3 is 11.9 Å². The van der Waals surface area contributed by atoms with Gasteiger partial charge in [-0.05, 0) is 25.1 Å². The van der Waals surface area contributed by atoms with Gasteiger partial charge in [0.25, 0.3) is 5.91 Å². The van der Waals surface area contributed by atoms with Crippen LogP contribution < -0.4 is 5.32 Å². The second kappa shape index (κ2) is 10.8. The highest BCUT2D eigenvalue weighted by molar-refractivity contribution is 7.15. The number of nitrogens with one attached hydrogen (secondary N) is 1. The van der Waals surface area contributed by atoms with Crippen LogP contribution in [0, 0.1) is 0 Å². The van der Waals surface area contributed by atoms with E-state index in [2.05, 4.69) is 5.32 Å². The minimum Gasteiger partial charge on any atom is -0.462 e. The maximum absolute atomic E-state index is 12.6. The first-order chi connectivity index (χ1) is 15.3. The van der Waals surface area contributed by atoms with Gasteiger partial charge < -0.3 is 14.8 Å². The van der Waals surface area contributed by atoms with Crippen LogP contribution in [0.2, 0.25) is 15.1 Å². The van der Waals surface area contributed by atoms with Gasteiger partial charge in [-0.2, -0.15) is 0 Å². The SMILES string of the molecule is CCOC(=O)c1c(-c2ccccc2Cl)csc1NC(=O)COC(=O)c1cccc(Cl)c1Cl. The first kappa shape index (κ1) is 24.1. The van der Waals surface area contributed by atoms with E-state index >= 15 is 0 Å². The number of hydrogen-bond donors (Lipinski definition) is 1. The van der Waals surface area contributed by atoms with Gasteiger partial charge in [0, 0.05) is 21.5 Å². The first-order valence-corrected chi connectivity index (χ1v) is 11.3. The van der Waals surface area contributed by atoms with Crippen molar-refractivity contribution in [1.82, 2.24) is 0 Å². The predicted molar refractivity (Wildman–Crippen MR) is 126 cm³/mol. The van der Waals surface area contributed by atoms with Crippen LogP contribution in [0.15, 0.2) is 47.8 Å². The quantitative estimate of drug-likeness (QED) is 0.373. The molecule has 10 heteroatoms. The molecule has 0 aliphatic carbocycles. The number of rotatable bonds is 7. The van der Waals surface area contributed by atoms with Crippen LogP contribution in [0.1, 0.15) is 27.6 Å². The summed E-state index contributed by atoms with van der Waals surface area (Å²) in [7, 11) is 0. The van der Waals surface area contributed by atoms with Crippen molar-refractivity contribution in [2.24, 2.45) is 0 Å². The van der Waals surface area contributed by atoms with Gasteiger partial charge in [0.15, 0.2) is 6.61 Å². The average molecular weight is 513 g/mol. The number of esters is 2. The Bertz CT molecular complexity index is 1180. The highest BCUT2D eigenvalue weighted by atomic mass is 35.5. The summed E-state index contributed by atoms with van der Waals surface area (Å²) in [5.74, 6) is -2.06. The number of halogens is 3. The lowest BCUT2D eigenvalue weighted by Gasteiger charge is -2.10. The van der Waals surface area contributed by atoms with Crippen molar-refractivity contribution in [2.45, 2.75) is 6.92 Å². The van der Waals surface area contributed by atoms with E-state index in [1.165, 1.54) is 12.1 Å². The van der Waals surface area contributed by atoms with Crippen LogP contribution in [0.5, 0.6) is 0 Å². The molecule has 1 N–H and O–H groups in total. The highest BCUT2D eigenvalue weighted by Gasteiger charge is 2.24. The topological polar surface area (TPSA) is 81.7 Å². The molecule has 1 amide bonds. The Balaban J connectivity index is 1.78. The molecule has 1 heterocycles. The Labute approximate surface area is 203 Å². The number of amides is 1. The number of thiophene rings is 1. The molecule has 3 aromatic rings. The monoisotopic (exact) mass is 511 g/mol. The summed E-state index contributed by atoms with van der Waals surface area (Å²) >= 11 is 19.3. The summed E-state index contributed by atoms with van der Waals surface area (Å²) < 4.78 is 10.2. The van der Waals surface area contributed by atoms with Crippen LogP contribution in [-0.4, -0.2) is 31.1 Å². The van der Waals surface area contributed by atoms with Crippen LogP contribution in [0.3, 0.4) is 0 Å². The third-order valence-corrected chi connectivity index (χ3v) is 6.24. The second-order valence-corrected chi connectivity index (χ2v) is 8.35. The third kappa shape index (κ3) is 5.42. The van der Waals surface area contributed by atoms with Crippen molar-refractivity contribution < 1.29 is 23.9 Å². The van der Waals surface area contributed by atoms with Crippen LogP contribution in [0.4, 0.5) is 5.00 Å². The molecule has 166 valence electrons. The highest BCUT2D eigenvalue weighted by Crippen LogP contribution is 2.39. The lowest BCUT2D eigenvalue weighted by Crippen LogP contribution is -2.22. The van der Waals surface area contributed by atoms with Gasteiger partial charge in [-0.3, -0.25) is 4.79 Å². The number of carbonyl (C=O) groups excluding carboxylic acids is 3. The lowest BCUT2D eigenvalue weighted by atomic mass is 10.0. The average Bonchev–Trinajstić information content (AvgIpc) is 3.17. The smallest absolute Gasteiger partial charge is 0.341 e. The molecular formula is C22H16Cl3NO5S. The standard InChI is InChI=1S/C22H16Cl3NO5S/c1-2-30-22(29)18-14(12-6-3-4-8-15(12)23)11-32-20(18)26-17(27)10-31-21(28)13-7-5-9-16(24)19(13)25/h3-9,11H,2,10H2,1H3,(H,26,27). The Morgan fingerprint density at radius 2 is 1.62 bits per heavy atom. The van der Waals surface area contributed by atoms with Crippen molar-refractivity contribution in [3.63, 3.8) is 0 Å². The van der Waals surface area contributed by atoms with Crippen molar-refractivity contribution in [3.05, 3.63) is 74.0 Å². The van der Waals surface area contributed by atoms with Gasteiger partial charge in [0.1, 0.15) is 10.6 Å². The normalized spacial score (nSPS) is 10.5. The molecule has 1 aromatic heterocycles. The number of anilines is 1. The summed E-state index contributed by atoms with van der Waals surface area (Å²) in [5.41, 5.74) is 1.35. The van der Waals surface area contributed by atoms with E-state index in [-0.39, 0.29) is 32.8 Å². The molecule has 2 aromatic carbocycles. The Morgan fingerprint density at radius 1 is 0.906 bits per heavy atom. The van der Waals surface area contributed by atoms with Gasteiger partial charge in [0.2, 0.25) is 0 Å². The predicted octanol–water partition coefficient (Wildman–Crippen LogP) is 6.35. The van der Waals surface area contributed by atoms with Crippen LogP contribution in [0.25, 0.3) is 11.1 Å². The zero-order valence-corrected chi connectivity index (χ0v) is 19.7. The summed E-state index contributed by atoms with van der Waals surface area (Å²) in [6, 6.07) is 11.5. The van der Waals surface area contributed by atoms with E-state index in [0.29, 0.717) is 16.1 Å². The summed E-state index contributed by atoms with van der Waals surface area (Å²) in [5, 5.41) is 5.21. The number of ether oxygens (including phenoxy) is 2. The molecule has 0 saturated heterocycles. The molecule has 0 spiro atoms. The molecule has 32 heavy (non-hydrogen) atoms. The third-order valence-electron chi connectivity index (χ3n) is 4.19. The van der Waals surface area contributed by atoms with E-state index in [1.54, 1.807) is 42.6 Å². The van der Waals surface area contributed by atoms with Crippen molar-refractivity contribution in [2.75, 3.05) is 18.5 Å². The zero-order valence-electron chi connectivity index (χ0n) is 16.6. The molecule has 3 rings (SSSR count). The minimum atomic E-state index is -0.804. The van der Waals surface area contributed by atoms with E-state index in [9.17, 15) is 14.4 Å². The first-order valence-electron chi connectivity index (χ1n) is 9.28. The molecule has 0 aliphatic heterocycles. The Kier molecular flexibility index (Phi) is 8.15. The second-order valence-electron chi connectivity index (χ2n) is 6.28.